The number of amides is 4. The molecule has 30 heavy (non-hydrogen) atoms. The second-order valence-corrected chi connectivity index (χ2v) is 6.40. The molecule has 0 aromatic heterocycles. The fraction of sp³-hybridized carbons (Fsp3) is 0.143. The van der Waals surface area contributed by atoms with Crippen LogP contribution in [0.4, 0.5) is 9.18 Å². The van der Waals surface area contributed by atoms with Gasteiger partial charge in [0, 0.05) is 6.54 Å². The van der Waals surface area contributed by atoms with E-state index in [9.17, 15) is 23.6 Å². The standard InChI is InChI=1S/C21H17FN2O6/c22-15-5-1-13(2-6-15)9-10-24-20(28)17(19(27)23-21(24)29)11-14-3-7-16(8-4-14)30-12-18(25)26/h1-8,11H,9-10,12H2,(H,25,26)(H,23,27,29)/b17-11-. The molecule has 0 atom stereocenters. The number of urea groups is 1. The molecular formula is C21H17FN2O6. The molecule has 0 aliphatic carbocycles. The molecule has 4 amide bonds. The van der Waals surface area contributed by atoms with Crippen LogP contribution in [0.25, 0.3) is 6.08 Å². The van der Waals surface area contributed by atoms with Gasteiger partial charge in [-0.05, 0) is 47.9 Å². The summed E-state index contributed by atoms with van der Waals surface area (Å²) in [5, 5.41) is 10.7. The number of imide groups is 2. The van der Waals surface area contributed by atoms with E-state index < -0.39 is 30.4 Å². The van der Waals surface area contributed by atoms with Gasteiger partial charge in [-0.3, -0.25) is 19.8 Å². The number of hydrogen-bond donors (Lipinski definition) is 2. The molecule has 0 unspecified atom stereocenters. The van der Waals surface area contributed by atoms with Gasteiger partial charge in [0.25, 0.3) is 11.8 Å². The molecule has 1 saturated heterocycles. The molecule has 154 valence electrons. The van der Waals surface area contributed by atoms with Crippen molar-refractivity contribution in [2.75, 3.05) is 13.2 Å². The van der Waals surface area contributed by atoms with Crippen molar-refractivity contribution < 1.29 is 33.4 Å². The maximum Gasteiger partial charge on any atom is 0.341 e. The third-order valence-corrected chi connectivity index (χ3v) is 4.28. The molecule has 0 spiro atoms. The Bertz CT molecular complexity index is 1010. The van der Waals surface area contributed by atoms with Crippen LogP contribution in [0.5, 0.6) is 5.75 Å². The molecule has 9 heteroatoms. The van der Waals surface area contributed by atoms with Crippen LogP contribution in [0, 0.1) is 5.82 Å². The maximum atomic E-state index is 13.0. The molecule has 1 heterocycles. The lowest BCUT2D eigenvalue weighted by molar-refractivity contribution is -0.139. The van der Waals surface area contributed by atoms with Gasteiger partial charge in [0.2, 0.25) is 0 Å². The maximum absolute atomic E-state index is 13.0. The van der Waals surface area contributed by atoms with Crippen LogP contribution in [0.15, 0.2) is 54.1 Å². The van der Waals surface area contributed by atoms with Crippen molar-refractivity contribution in [1.29, 1.82) is 0 Å². The van der Waals surface area contributed by atoms with Crippen molar-refractivity contribution in [3.63, 3.8) is 0 Å². The number of ether oxygens (including phenoxy) is 1. The lowest BCUT2D eigenvalue weighted by Crippen LogP contribution is -2.54. The molecule has 0 saturated carbocycles. The van der Waals surface area contributed by atoms with Gasteiger partial charge in [-0.15, -0.1) is 0 Å². The molecule has 1 aliphatic heterocycles. The lowest BCUT2D eigenvalue weighted by Gasteiger charge is -2.26. The number of benzene rings is 2. The number of barbiturate groups is 1. The fourth-order valence-corrected chi connectivity index (χ4v) is 2.76. The van der Waals surface area contributed by atoms with E-state index in [-0.39, 0.29) is 17.9 Å². The monoisotopic (exact) mass is 412 g/mol. The number of halogens is 1. The third-order valence-electron chi connectivity index (χ3n) is 4.28. The first-order valence-corrected chi connectivity index (χ1v) is 8.91. The second kappa shape index (κ2) is 8.99. The number of carboxylic acid groups (broad SMARTS) is 1. The number of rotatable bonds is 7. The van der Waals surface area contributed by atoms with Crippen molar-refractivity contribution in [1.82, 2.24) is 10.2 Å². The molecule has 0 bridgehead atoms. The largest absolute Gasteiger partial charge is 0.482 e. The topological polar surface area (TPSA) is 113 Å². The van der Waals surface area contributed by atoms with E-state index in [1.165, 1.54) is 30.3 Å². The van der Waals surface area contributed by atoms with Gasteiger partial charge in [0.05, 0.1) is 0 Å². The Kier molecular flexibility index (Phi) is 6.21. The minimum atomic E-state index is -1.11. The molecule has 1 aliphatic rings. The molecule has 0 radical (unpaired) electrons. The van der Waals surface area contributed by atoms with Gasteiger partial charge in [-0.2, -0.15) is 0 Å². The molecule has 2 N–H and O–H groups in total. The van der Waals surface area contributed by atoms with Crippen LogP contribution in [-0.2, 0) is 20.8 Å². The van der Waals surface area contributed by atoms with Gasteiger partial charge < -0.3 is 9.84 Å². The highest BCUT2D eigenvalue weighted by Gasteiger charge is 2.35. The highest BCUT2D eigenvalue weighted by Crippen LogP contribution is 2.18. The Morgan fingerprint density at radius 3 is 2.37 bits per heavy atom. The number of aliphatic carboxylic acids is 1. The highest BCUT2D eigenvalue weighted by molar-refractivity contribution is 6.31. The second-order valence-electron chi connectivity index (χ2n) is 6.40. The Morgan fingerprint density at radius 1 is 1.07 bits per heavy atom. The van der Waals surface area contributed by atoms with E-state index >= 15 is 0 Å². The predicted molar refractivity (Wildman–Crippen MR) is 103 cm³/mol. The summed E-state index contributed by atoms with van der Waals surface area (Å²) in [7, 11) is 0. The predicted octanol–water partition coefficient (Wildman–Crippen LogP) is 1.99. The summed E-state index contributed by atoms with van der Waals surface area (Å²) in [5.74, 6) is -2.74. The average molecular weight is 412 g/mol. The third kappa shape index (κ3) is 5.07. The van der Waals surface area contributed by atoms with Crippen LogP contribution in [0.1, 0.15) is 11.1 Å². The van der Waals surface area contributed by atoms with Crippen molar-refractivity contribution in [2.45, 2.75) is 6.42 Å². The summed E-state index contributed by atoms with van der Waals surface area (Å²) in [4.78, 5) is 48.4. The minimum Gasteiger partial charge on any atom is -0.482 e. The first kappa shape index (κ1) is 20.7. The zero-order chi connectivity index (χ0) is 21.7. The summed E-state index contributed by atoms with van der Waals surface area (Å²) in [6.07, 6.45) is 1.63. The smallest absolute Gasteiger partial charge is 0.341 e. The normalized spacial score (nSPS) is 15.3. The average Bonchev–Trinajstić information content (AvgIpc) is 2.71. The van der Waals surface area contributed by atoms with Crippen LogP contribution >= 0.6 is 0 Å². The van der Waals surface area contributed by atoms with Crippen molar-refractivity contribution >= 4 is 29.9 Å². The van der Waals surface area contributed by atoms with Gasteiger partial charge in [-0.25, -0.2) is 14.0 Å². The molecular weight excluding hydrogens is 395 g/mol. The van der Waals surface area contributed by atoms with Crippen LogP contribution in [0.2, 0.25) is 0 Å². The van der Waals surface area contributed by atoms with Gasteiger partial charge >= 0.3 is 12.0 Å². The number of carbonyl (C=O) groups is 4. The molecule has 8 nitrogen and oxygen atoms in total. The number of carboxylic acids is 1. The van der Waals surface area contributed by atoms with Gasteiger partial charge in [-0.1, -0.05) is 24.3 Å². The quantitative estimate of drug-likeness (QED) is 0.531. The summed E-state index contributed by atoms with van der Waals surface area (Å²) >= 11 is 0. The van der Waals surface area contributed by atoms with E-state index in [1.807, 2.05) is 0 Å². The molecule has 3 rings (SSSR count). The Morgan fingerprint density at radius 2 is 1.73 bits per heavy atom. The van der Waals surface area contributed by atoms with E-state index in [1.54, 1.807) is 24.3 Å². The Balaban J connectivity index is 1.72. The zero-order valence-corrected chi connectivity index (χ0v) is 15.6. The SMILES string of the molecule is O=C(O)COc1ccc(/C=C2/C(=O)NC(=O)N(CCc3ccc(F)cc3)C2=O)cc1. The Hall–Kier alpha value is -4.01. The number of nitrogens with zero attached hydrogens (tertiary/aromatic N) is 1. The minimum absolute atomic E-state index is 0.0168. The lowest BCUT2D eigenvalue weighted by atomic mass is 10.1. The molecule has 2 aromatic rings. The van der Waals surface area contributed by atoms with E-state index in [2.05, 4.69) is 5.32 Å². The van der Waals surface area contributed by atoms with Crippen LogP contribution in [-0.4, -0.2) is 47.0 Å². The van der Waals surface area contributed by atoms with Gasteiger partial charge in [0.1, 0.15) is 17.1 Å². The summed E-state index contributed by atoms with van der Waals surface area (Å²) < 4.78 is 18.0. The van der Waals surface area contributed by atoms with E-state index in [4.69, 9.17) is 9.84 Å². The first-order chi connectivity index (χ1) is 14.3. The Labute approximate surface area is 170 Å². The highest BCUT2D eigenvalue weighted by atomic mass is 19.1. The van der Waals surface area contributed by atoms with Gasteiger partial charge in [0.15, 0.2) is 6.61 Å². The number of hydrogen-bond acceptors (Lipinski definition) is 5. The fourth-order valence-electron chi connectivity index (χ4n) is 2.76. The molecule has 1 fully saturated rings. The van der Waals surface area contributed by atoms with Crippen molar-refractivity contribution in [2.24, 2.45) is 0 Å². The van der Waals surface area contributed by atoms with E-state index in [0.717, 1.165) is 10.5 Å². The van der Waals surface area contributed by atoms with Crippen LogP contribution in [0.3, 0.4) is 0 Å². The summed E-state index contributed by atoms with van der Waals surface area (Å²) in [6.45, 7) is -0.477. The summed E-state index contributed by atoms with van der Waals surface area (Å²) in [5.41, 5.74) is 1.01. The zero-order valence-electron chi connectivity index (χ0n) is 15.6. The van der Waals surface area contributed by atoms with Crippen molar-refractivity contribution in [3.8, 4) is 5.75 Å². The number of carbonyl (C=O) groups excluding carboxylic acids is 3. The molecule has 2 aromatic carbocycles. The van der Waals surface area contributed by atoms with E-state index in [0.29, 0.717) is 17.7 Å². The van der Waals surface area contributed by atoms with Crippen molar-refractivity contribution in [3.05, 3.63) is 71.0 Å². The number of nitrogens with one attached hydrogen (secondary N) is 1. The van der Waals surface area contributed by atoms with Crippen LogP contribution < -0.4 is 10.1 Å². The first-order valence-electron chi connectivity index (χ1n) is 8.91. The summed E-state index contributed by atoms with van der Waals surface area (Å²) in [6, 6.07) is 10.9.